The number of ether oxygens (including phenoxy) is 1. The van der Waals surface area contributed by atoms with Crippen LogP contribution >= 0.6 is 0 Å². The lowest BCUT2D eigenvalue weighted by atomic mass is 10.3. The normalized spacial score (nSPS) is 11.5. The van der Waals surface area contributed by atoms with Crippen LogP contribution in [0.15, 0.2) is 29.2 Å². The van der Waals surface area contributed by atoms with E-state index in [1.165, 1.54) is 26.2 Å². The quantitative estimate of drug-likeness (QED) is 0.821. The average molecular weight is 314 g/mol. The van der Waals surface area contributed by atoms with E-state index in [-0.39, 0.29) is 23.4 Å². The van der Waals surface area contributed by atoms with E-state index in [9.17, 15) is 13.2 Å². The highest BCUT2D eigenvalue weighted by atomic mass is 32.2. The van der Waals surface area contributed by atoms with Crippen molar-refractivity contribution in [2.24, 2.45) is 0 Å². The molecule has 0 aliphatic carbocycles. The van der Waals surface area contributed by atoms with E-state index in [1.54, 1.807) is 17.0 Å². The minimum atomic E-state index is -3.58. The molecule has 0 saturated heterocycles. The van der Waals surface area contributed by atoms with Gasteiger partial charge in [0.15, 0.2) is 0 Å². The van der Waals surface area contributed by atoms with Gasteiger partial charge in [0.1, 0.15) is 5.75 Å². The second-order valence-corrected chi connectivity index (χ2v) is 6.65. The van der Waals surface area contributed by atoms with Gasteiger partial charge in [-0.25, -0.2) is 13.1 Å². The van der Waals surface area contributed by atoms with Gasteiger partial charge in [-0.1, -0.05) is 0 Å². The molecule has 0 unspecified atom stereocenters. The predicted molar refractivity (Wildman–Crippen MR) is 80.7 cm³/mol. The molecular formula is C14H22N2O4S. The van der Waals surface area contributed by atoms with Crippen molar-refractivity contribution in [1.29, 1.82) is 0 Å². The molecule has 7 heteroatoms. The first-order valence-corrected chi connectivity index (χ1v) is 8.17. The molecule has 118 valence electrons. The Balaban J connectivity index is 2.66. The molecule has 0 fully saturated rings. The molecule has 1 N–H and O–H groups in total. The first kappa shape index (κ1) is 17.5. The fraction of sp³-hybridized carbons (Fsp3) is 0.500. The third-order valence-electron chi connectivity index (χ3n) is 3.04. The van der Waals surface area contributed by atoms with Crippen LogP contribution in [0.25, 0.3) is 0 Å². The van der Waals surface area contributed by atoms with Gasteiger partial charge in [-0.05, 0) is 38.1 Å². The highest BCUT2D eigenvalue weighted by molar-refractivity contribution is 7.89. The van der Waals surface area contributed by atoms with Crippen LogP contribution in [0, 0.1) is 0 Å². The molecule has 0 spiro atoms. The van der Waals surface area contributed by atoms with Crippen molar-refractivity contribution in [3.63, 3.8) is 0 Å². The summed E-state index contributed by atoms with van der Waals surface area (Å²) < 4.78 is 31.7. The van der Waals surface area contributed by atoms with Crippen molar-refractivity contribution in [1.82, 2.24) is 9.62 Å². The number of nitrogens with one attached hydrogen (secondary N) is 1. The standard InChI is InChI=1S/C14H22N2O4S/c1-11(2)16(12(3)17)10-9-15-21(18,19)14-7-5-13(20-4)6-8-14/h5-8,11,15H,9-10H2,1-4H3. The van der Waals surface area contributed by atoms with Crippen LogP contribution in [-0.4, -0.2) is 45.5 Å². The third kappa shape index (κ3) is 5.02. The lowest BCUT2D eigenvalue weighted by Gasteiger charge is -2.25. The number of rotatable bonds is 7. The third-order valence-corrected chi connectivity index (χ3v) is 4.52. The van der Waals surface area contributed by atoms with Crippen molar-refractivity contribution < 1.29 is 17.9 Å². The average Bonchev–Trinajstić information content (AvgIpc) is 2.42. The molecule has 0 atom stereocenters. The van der Waals surface area contributed by atoms with Gasteiger partial charge >= 0.3 is 0 Å². The molecule has 0 aliphatic heterocycles. The second-order valence-electron chi connectivity index (χ2n) is 4.88. The number of benzene rings is 1. The maximum absolute atomic E-state index is 12.1. The first-order chi connectivity index (χ1) is 9.77. The van der Waals surface area contributed by atoms with Gasteiger partial charge < -0.3 is 9.64 Å². The summed E-state index contributed by atoms with van der Waals surface area (Å²) in [6, 6.07) is 6.17. The summed E-state index contributed by atoms with van der Waals surface area (Å²) >= 11 is 0. The van der Waals surface area contributed by atoms with E-state index in [1.807, 2.05) is 13.8 Å². The second kappa shape index (κ2) is 7.42. The Bertz CT molecular complexity index is 567. The largest absolute Gasteiger partial charge is 0.497 e. The van der Waals surface area contributed by atoms with Gasteiger partial charge in [0, 0.05) is 26.1 Å². The van der Waals surface area contributed by atoms with E-state index in [0.29, 0.717) is 12.3 Å². The van der Waals surface area contributed by atoms with Crippen molar-refractivity contribution in [3.05, 3.63) is 24.3 Å². The first-order valence-electron chi connectivity index (χ1n) is 6.69. The van der Waals surface area contributed by atoms with Crippen molar-refractivity contribution in [2.75, 3.05) is 20.2 Å². The zero-order valence-corrected chi connectivity index (χ0v) is 13.6. The number of hydrogen-bond acceptors (Lipinski definition) is 4. The monoisotopic (exact) mass is 314 g/mol. The summed E-state index contributed by atoms with van der Waals surface area (Å²) in [5.41, 5.74) is 0. The number of carbonyl (C=O) groups is 1. The molecule has 0 aromatic heterocycles. The summed E-state index contributed by atoms with van der Waals surface area (Å²) in [6.07, 6.45) is 0. The van der Waals surface area contributed by atoms with Crippen molar-refractivity contribution >= 4 is 15.9 Å². The fourth-order valence-corrected chi connectivity index (χ4v) is 2.94. The van der Waals surface area contributed by atoms with Gasteiger partial charge in [0.2, 0.25) is 15.9 Å². The maximum Gasteiger partial charge on any atom is 0.240 e. The van der Waals surface area contributed by atoms with Gasteiger partial charge in [0.05, 0.1) is 12.0 Å². The summed E-state index contributed by atoms with van der Waals surface area (Å²) in [5.74, 6) is 0.519. The maximum atomic E-state index is 12.1. The Hall–Kier alpha value is -1.60. The number of nitrogens with zero attached hydrogens (tertiary/aromatic N) is 1. The topological polar surface area (TPSA) is 75.7 Å². The van der Waals surface area contributed by atoms with Crippen LogP contribution in [0.2, 0.25) is 0 Å². The Morgan fingerprint density at radius 2 is 1.86 bits per heavy atom. The van der Waals surface area contributed by atoms with E-state index in [2.05, 4.69) is 4.72 Å². The zero-order valence-electron chi connectivity index (χ0n) is 12.8. The molecule has 21 heavy (non-hydrogen) atoms. The Kier molecular flexibility index (Phi) is 6.17. The smallest absolute Gasteiger partial charge is 0.240 e. The van der Waals surface area contributed by atoms with Gasteiger partial charge in [0.25, 0.3) is 0 Å². The summed E-state index contributed by atoms with van der Waals surface area (Å²) in [4.78, 5) is 13.2. The Morgan fingerprint density at radius 3 is 2.29 bits per heavy atom. The van der Waals surface area contributed by atoms with Crippen LogP contribution in [-0.2, 0) is 14.8 Å². The molecule has 1 amide bonds. The molecule has 1 aromatic carbocycles. The van der Waals surface area contributed by atoms with Crippen LogP contribution in [0.1, 0.15) is 20.8 Å². The predicted octanol–water partition coefficient (Wildman–Crippen LogP) is 1.23. The molecule has 6 nitrogen and oxygen atoms in total. The van der Waals surface area contributed by atoms with E-state index in [4.69, 9.17) is 4.74 Å². The van der Waals surface area contributed by atoms with Crippen LogP contribution in [0.4, 0.5) is 0 Å². The van der Waals surface area contributed by atoms with E-state index in [0.717, 1.165) is 0 Å². The lowest BCUT2D eigenvalue weighted by molar-refractivity contribution is -0.130. The summed E-state index contributed by atoms with van der Waals surface area (Å²) in [6.45, 7) is 5.76. The minimum absolute atomic E-state index is 0.0352. The molecule has 0 bridgehead atoms. The zero-order chi connectivity index (χ0) is 16.0. The van der Waals surface area contributed by atoms with E-state index >= 15 is 0 Å². The Labute approximate surface area is 126 Å². The molecular weight excluding hydrogens is 292 g/mol. The van der Waals surface area contributed by atoms with Crippen LogP contribution in [0.5, 0.6) is 5.75 Å². The molecule has 1 aromatic rings. The van der Waals surface area contributed by atoms with E-state index < -0.39 is 10.0 Å². The fourth-order valence-electron chi connectivity index (χ4n) is 1.92. The van der Waals surface area contributed by atoms with Crippen molar-refractivity contribution in [2.45, 2.75) is 31.7 Å². The molecule has 0 aliphatic rings. The number of amides is 1. The van der Waals surface area contributed by atoms with Gasteiger partial charge in [-0.15, -0.1) is 0 Å². The summed E-state index contributed by atoms with van der Waals surface area (Å²) in [5, 5.41) is 0. The number of sulfonamides is 1. The van der Waals surface area contributed by atoms with Gasteiger partial charge in [-0.2, -0.15) is 0 Å². The Morgan fingerprint density at radius 1 is 1.29 bits per heavy atom. The molecule has 0 saturated carbocycles. The van der Waals surface area contributed by atoms with Gasteiger partial charge in [-0.3, -0.25) is 4.79 Å². The molecule has 0 heterocycles. The number of carbonyl (C=O) groups excluding carboxylic acids is 1. The highest BCUT2D eigenvalue weighted by Gasteiger charge is 2.16. The summed E-state index contributed by atoms with van der Waals surface area (Å²) in [7, 11) is -2.06. The molecule has 1 rings (SSSR count). The van der Waals surface area contributed by atoms with Crippen molar-refractivity contribution in [3.8, 4) is 5.75 Å². The minimum Gasteiger partial charge on any atom is -0.497 e. The SMILES string of the molecule is COc1ccc(S(=O)(=O)NCCN(C(C)=O)C(C)C)cc1. The lowest BCUT2D eigenvalue weighted by Crippen LogP contribution is -2.41. The van der Waals surface area contributed by atoms with Crippen LogP contribution < -0.4 is 9.46 Å². The number of methoxy groups -OCH3 is 1. The molecule has 0 radical (unpaired) electrons. The van der Waals surface area contributed by atoms with Crippen LogP contribution in [0.3, 0.4) is 0 Å². The number of hydrogen-bond donors (Lipinski definition) is 1. The highest BCUT2D eigenvalue weighted by Crippen LogP contribution is 2.15.